The molecule has 0 aliphatic heterocycles. The van der Waals surface area contributed by atoms with E-state index in [4.69, 9.17) is 0 Å². The molecule has 4 heavy (non-hydrogen) atoms. The van der Waals surface area contributed by atoms with Crippen molar-refractivity contribution in [1.82, 2.24) is 0 Å². The first-order valence-corrected chi connectivity index (χ1v) is 1.22. The van der Waals surface area contributed by atoms with Crippen LogP contribution in [0.5, 0.6) is 0 Å². The van der Waals surface area contributed by atoms with Gasteiger partial charge in [0.05, 0.1) is 0 Å². The molecule has 0 saturated heterocycles. The van der Waals surface area contributed by atoms with Crippen molar-refractivity contribution in [3.05, 3.63) is 0 Å². The van der Waals surface area contributed by atoms with Gasteiger partial charge in [-0.05, 0) is 24.4 Å². The van der Waals surface area contributed by atoms with Crippen molar-refractivity contribution in [2.75, 3.05) is 0 Å². The van der Waals surface area contributed by atoms with E-state index in [0.29, 0.717) is 0 Å². The van der Waals surface area contributed by atoms with E-state index >= 15 is 0 Å². The molecule has 0 aliphatic carbocycles. The molecule has 0 spiro atoms. The van der Waals surface area contributed by atoms with Gasteiger partial charge in [0, 0.05) is 21.4 Å². The minimum absolute atomic E-state index is 0. The second-order valence-corrected chi connectivity index (χ2v) is 0.750. The molecule has 0 amide bonds. The molecule has 0 rings (SSSR count). The fourth-order valence-electron chi connectivity index (χ4n) is 0. The third kappa shape index (κ3) is 15.2. The van der Waals surface area contributed by atoms with Gasteiger partial charge in [-0.2, -0.15) is 0 Å². The number of hydrogen-bond acceptors (Lipinski definition) is 2. The van der Waals surface area contributed by atoms with E-state index in [9.17, 15) is 0 Å². The third-order valence-electron chi connectivity index (χ3n) is 0. The van der Waals surface area contributed by atoms with Crippen LogP contribution in [0.1, 0.15) is 0 Å². The first kappa shape index (κ1) is 8.83. The summed E-state index contributed by atoms with van der Waals surface area (Å²) < 4.78 is 1.92. The first-order chi connectivity index (χ1) is 1.41. The second-order valence-electron chi connectivity index (χ2n) is 0.0833. The van der Waals surface area contributed by atoms with Crippen LogP contribution in [-0.4, -0.2) is 4.31 Å². The Hall–Kier alpha value is 0.739. The quantitative estimate of drug-likeness (QED) is 0.363. The van der Waals surface area contributed by atoms with Gasteiger partial charge in [0.2, 0.25) is 0 Å². The maximum absolute atomic E-state index is 3.96. The van der Waals surface area contributed by atoms with Crippen molar-refractivity contribution in [2.24, 2.45) is 0 Å². The van der Waals surface area contributed by atoms with Gasteiger partial charge in [0.15, 0.2) is 0 Å². The summed E-state index contributed by atoms with van der Waals surface area (Å²) in [6, 6.07) is 0. The first-order valence-electron chi connectivity index (χ1n) is 0.408. The van der Waals surface area contributed by atoms with Gasteiger partial charge >= 0.3 is 0 Å². The summed E-state index contributed by atoms with van der Waals surface area (Å²) in [5.41, 5.74) is 0. The minimum atomic E-state index is 0. The molecule has 0 aliphatic rings. The van der Waals surface area contributed by atoms with Crippen LogP contribution in [0, 0.1) is 0 Å². The molecule has 0 fully saturated rings. The van der Waals surface area contributed by atoms with Crippen molar-refractivity contribution < 1.29 is 17.1 Å². The van der Waals surface area contributed by atoms with Crippen LogP contribution in [0.2, 0.25) is 0 Å². The molecule has 27 valence electrons. The van der Waals surface area contributed by atoms with Crippen LogP contribution in [0.3, 0.4) is 0 Å². The molecule has 3 heteroatoms. The largest absolute Gasteiger partial charge is 0.0297 e. The maximum Gasteiger partial charge on any atom is 0.0297 e. The van der Waals surface area contributed by atoms with Crippen LogP contribution in [-0.2, 0) is 17.1 Å². The maximum atomic E-state index is 3.96. The van der Waals surface area contributed by atoms with Crippen LogP contribution in [0.25, 0.3) is 0 Å². The average Bonchev–Trinajstić information content (AvgIpc) is 0.918. The summed E-state index contributed by atoms with van der Waals surface area (Å²) in [5, 5.41) is 0. The smallest absolute Gasteiger partial charge is 0.0148 e. The van der Waals surface area contributed by atoms with Gasteiger partial charge in [-0.25, -0.2) is 0 Å². The molecule has 1 radical (unpaired) electrons. The van der Waals surface area contributed by atoms with Crippen LogP contribution in [0.4, 0.5) is 0 Å². The van der Waals surface area contributed by atoms with Crippen molar-refractivity contribution in [1.29, 1.82) is 0 Å². The van der Waals surface area contributed by atoms with E-state index in [1.54, 1.807) is 0 Å². The molecule has 0 bridgehead atoms. The molecule has 0 saturated carbocycles. The Balaban J connectivity index is 0. The Labute approximate surface area is 46.1 Å². The summed E-state index contributed by atoms with van der Waals surface area (Å²) in [5.74, 6) is 0. The minimum Gasteiger partial charge on any atom is -0.0148 e. The van der Waals surface area contributed by atoms with E-state index in [1.807, 2.05) is 4.31 Å². The van der Waals surface area contributed by atoms with E-state index in [-0.39, 0.29) is 17.1 Å². The van der Waals surface area contributed by atoms with Gasteiger partial charge in [-0.1, -0.05) is 0 Å². The monoisotopic (exact) mass is 139 g/mol. The topological polar surface area (TPSA) is 0 Å². The fraction of sp³-hybridized carbons (Fsp3) is 0. The standard InChI is InChI=1S/CS2.Cu/c2-1-3;. The van der Waals surface area contributed by atoms with Gasteiger partial charge in [-0.3, -0.25) is 0 Å². The Bertz CT molecular complexity index is 27.0. The normalized spacial score (nSPS) is 2.00. The Kier molecular flexibility index (Phi) is 20.5. The number of thiocarbonyl (C=S) groups is 2. The third-order valence-corrected chi connectivity index (χ3v) is 0. The Morgan fingerprint density at radius 2 is 1.25 bits per heavy atom. The molecular formula is CCuS2. The second kappa shape index (κ2) is 9.27. The molecule has 0 heterocycles. The molecule has 0 aromatic rings. The van der Waals surface area contributed by atoms with E-state index in [2.05, 4.69) is 24.4 Å². The molecule has 0 N–H and O–H groups in total. The van der Waals surface area contributed by atoms with Gasteiger partial charge in [0.1, 0.15) is 0 Å². The Morgan fingerprint density at radius 3 is 1.25 bits per heavy atom. The summed E-state index contributed by atoms with van der Waals surface area (Å²) in [4.78, 5) is 0. The van der Waals surface area contributed by atoms with Crippen LogP contribution in [0.15, 0.2) is 0 Å². The summed E-state index contributed by atoms with van der Waals surface area (Å²) >= 11 is 7.92. The van der Waals surface area contributed by atoms with Gasteiger partial charge in [0.25, 0.3) is 0 Å². The van der Waals surface area contributed by atoms with Gasteiger partial charge < -0.3 is 0 Å². The van der Waals surface area contributed by atoms with Crippen molar-refractivity contribution in [3.63, 3.8) is 0 Å². The molecular weight excluding hydrogens is 140 g/mol. The molecule has 0 unspecified atom stereocenters. The van der Waals surface area contributed by atoms with E-state index < -0.39 is 0 Å². The van der Waals surface area contributed by atoms with Crippen molar-refractivity contribution in [2.45, 2.75) is 0 Å². The zero-order valence-corrected chi connectivity index (χ0v) is 4.19. The number of hydrogen-bond donors (Lipinski definition) is 0. The zero-order valence-electron chi connectivity index (χ0n) is 1.62. The fourth-order valence-corrected chi connectivity index (χ4v) is 0. The molecule has 0 aromatic heterocycles. The predicted molar refractivity (Wildman–Crippen MR) is 20.2 cm³/mol. The van der Waals surface area contributed by atoms with E-state index in [1.165, 1.54) is 0 Å². The molecule has 0 atom stereocenters. The van der Waals surface area contributed by atoms with Crippen LogP contribution >= 0.6 is 24.4 Å². The van der Waals surface area contributed by atoms with Crippen molar-refractivity contribution >= 4 is 28.7 Å². The van der Waals surface area contributed by atoms with Crippen molar-refractivity contribution in [3.8, 4) is 0 Å². The summed E-state index contributed by atoms with van der Waals surface area (Å²) in [6.07, 6.45) is 0. The number of rotatable bonds is 0. The summed E-state index contributed by atoms with van der Waals surface area (Å²) in [6.45, 7) is 0. The SMILES string of the molecule is S=C=S.[Cu]. The zero-order chi connectivity index (χ0) is 2.71. The Morgan fingerprint density at radius 1 is 1.25 bits per heavy atom. The van der Waals surface area contributed by atoms with E-state index in [0.717, 1.165) is 0 Å². The molecule has 0 nitrogen and oxygen atoms in total. The van der Waals surface area contributed by atoms with Gasteiger partial charge in [-0.15, -0.1) is 0 Å². The molecule has 0 aromatic carbocycles. The van der Waals surface area contributed by atoms with Crippen LogP contribution < -0.4 is 0 Å². The average molecular weight is 140 g/mol. The summed E-state index contributed by atoms with van der Waals surface area (Å²) in [7, 11) is 0. The predicted octanol–water partition coefficient (Wildman–Crippen LogP) is 1.02.